The summed E-state index contributed by atoms with van der Waals surface area (Å²) in [5.74, 6) is -3.50. The van der Waals surface area contributed by atoms with Gasteiger partial charge in [0.15, 0.2) is 0 Å². The molecule has 24 heavy (non-hydrogen) atoms. The third-order valence-corrected chi connectivity index (χ3v) is 2.79. The molecule has 128 valence electrons. The summed E-state index contributed by atoms with van der Waals surface area (Å²) in [6, 6.07) is 6.03. The van der Waals surface area contributed by atoms with E-state index in [1.807, 2.05) is 0 Å². The first-order valence-corrected chi connectivity index (χ1v) is 6.76. The summed E-state index contributed by atoms with van der Waals surface area (Å²) in [7, 11) is 0. The molecule has 0 saturated carbocycles. The number of benzene rings is 1. The molecule has 2 rings (SSSR count). The van der Waals surface area contributed by atoms with Gasteiger partial charge in [-0.25, -0.2) is 4.79 Å². The Kier molecular flexibility index (Phi) is 5.17. The zero-order valence-corrected chi connectivity index (χ0v) is 12.4. The average molecular weight is 343 g/mol. The van der Waals surface area contributed by atoms with E-state index >= 15 is 0 Å². The second kappa shape index (κ2) is 7.11. The van der Waals surface area contributed by atoms with Crippen LogP contribution in [-0.4, -0.2) is 28.6 Å². The number of alkyl halides is 3. The minimum atomic E-state index is -4.71. The molecule has 10 heteroatoms. The molecule has 0 radical (unpaired) electrons. The number of ether oxygens (including phenoxy) is 1. The standard InChI is InChI=1S/C14H12F3N3O4/c1-2-23-12(22)11(21)18-7-8-3-5-9(6-4-8)10-19-13(24-20-10)14(15,16)17/h3-6H,2,7H2,1H3,(H,18,21). The van der Waals surface area contributed by atoms with Crippen molar-refractivity contribution in [1.82, 2.24) is 15.5 Å². The fourth-order valence-corrected chi connectivity index (χ4v) is 1.68. The van der Waals surface area contributed by atoms with Gasteiger partial charge in [-0.15, -0.1) is 0 Å². The lowest BCUT2D eigenvalue weighted by Gasteiger charge is -2.05. The van der Waals surface area contributed by atoms with Crippen LogP contribution in [0.5, 0.6) is 0 Å². The van der Waals surface area contributed by atoms with E-state index in [1.54, 1.807) is 19.1 Å². The van der Waals surface area contributed by atoms with Crippen LogP contribution in [0.15, 0.2) is 28.8 Å². The second-order valence-corrected chi connectivity index (χ2v) is 4.52. The first-order chi connectivity index (χ1) is 11.3. The van der Waals surface area contributed by atoms with Crippen LogP contribution in [0.2, 0.25) is 0 Å². The number of halogens is 3. The van der Waals surface area contributed by atoms with Gasteiger partial charge < -0.3 is 14.6 Å². The van der Waals surface area contributed by atoms with Gasteiger partial charge in [-0.2, -0.15) is 18.2 Å². The number of rotatable bonds is 4. The van der Waals surface area contributed by atoms with E-state index in [-0.39, 0.29) is 19.0 Å². The molecule has 0 spiro atoms. The number of nitrogens with one attached hydrogen (secondary N) is 1. The molecule has 0 saturated heterocycles. The predicted molar refractivity (Wildman–Crippen MR) is 73.2 cm³/mol. The Balaban J connectivity index is 1.99. The van der Waals surface area contributed by atoms with Crippen LogP contribution < -0.4 is 5.32 Å². The zero-order valence-electron chi connectivity index (χ0n) is 12.4. The Morgan fingerprint density at radius 1 is 1.25 bits per heavy atom. The molecule has 0 unspecified atom stereocenters. The molecule has 1 amide bonds. The smallest absolute Gasteiger partial charge is 0.459 e. The SMILES string of the molecule is CCOC(=O)C(=O)NCc1ccc(-c2noc(C(F)(F)F)n2)cc1. The lowest BCUT2D eigenvalue weighted by atomic mass is 10.1. The molecule has 1 N–H and O–H groups in total. The van der Waals surface area contributed by atoms with Crippen molar-refractivity contribution >= 4 is 11.9 Å². The van der Waals surface area contributed by atoms with Crippen molar-refractivity contribution in [3.8, 4) is 11.4 Å². The summed E-state index contributed by atoms with van der Waals surface area (Å²) in [6.45, 7) is 1.72. The molecule has 2 aromatic rings. The molecule has 0 aliphatic carbocycles. The van der Waals surface area contributed by atoms with Gasteiger partial charge in [0.1, 0.15) is 0 Å². The summed E-state index contributed by atoms with van der Waals surface area (Å²) in [6.07, 6.45) is -4.71. The third-order valence-electron chi connectivity index (χ3n) is 2.79. The fraction of sp³-hybridized carbons (Fsp3) is 0.286. The maximum Gasteiger partial charge on any atom is 0.471 e. The van der Waals surface area contributed by atoms with Crippen molar-refractivity contribution in [2.45, 2.75) is 19.6 Å². The summed E-state index contributed by atoms with van der Waals surface area (Å²) in [5.41, 5.74) is 0.936. The van der Waals surface area contributed by atoms with Crippen molar-refractivity contribution in [2.24, 2.45) is 0 Å². The van der Waals surface area contributed by atoms with E-state index in [0.29, 0.717) is 11.1 Å². The molecule has 1 heterocycles. The molecule has 0 fully saturated rings. The Bertz CT molecular complexity index is 726. The molecule has 0 atom stereocenters. The van der Waals surface area contributed by atoms with Crippen molar-refractivity contribution in [1.29, 1.82) is 0 Å². The lowest BCUT2D eigenvalue weighted by Crippen LogP contribution is -2.32. The van der Waals surface area contributed by atoms with Gasteiger partial charge in [-0.3, -0.25) is 4.79 Å². The van der Waals surface area contributed by atoms with Crippen LogP contribution in [-0.2, 0) is 27.0 Å². The van der Waals surface area contributed by atoms with Gasteiger partial charge in [0.05, 0.1) is 6.61 Å². The van der Waals surface area contributed by atoms with Gasteiger partial charge in [-0.05, 0) is 12.5 Å². The fourth-order valence-electron chi connectivity index (χ4n) is 1.68. The number of esters is 1. The summed E-state index contributed by atoms with van der Waals surface area (Å²) >= 11 is 0. The minimum Gasteiger partial charge on any atom is -0.459 e. The topological polar surface area (TPSA) is 94.3 Å². The van der Waals surface area contributed by atoms with Crippen LogP contribution in [0, 0.1) is 0 Å². The lowest BCUT2D eigenvalue weighted by molar-refractivity contribution is -0.159. The van der Waals surface area contributed by atoms with Gasteiger partial charge >= 0.3 is 23.9 Å². The van der Waals surface area contributed by atoms with Gasteiger partial charge in [0.25, 0.3) is 0 Å². The first-order valence-electron chi connectivity index (χ1n) is 6.76. The first kappa shape index (κ1) is 17.4. The molecule has 7 nitrogen and oxygen atoms in total. The maximum atomic E-state index is 12.4. The van der Waals surface area contributed by atoms with Gasteiger partial charge in [0, 0.05) is 12.1 Å². The van der Waals surface area contributed by atoms with Crippen LogP contribution in [0.3, 0.4) is 0 Å². The highest BCUT2D eigenvalue weighted by atomic mass is 19.4. The van der Waals surface area contributed by atoms with E-state index in [4.69, 9.17) is 0 Å². The van der Waals surface area contributed by atoms with E-state index in [9.17, 15) is 22.8 Å². The molecule has 0 aliphatic rings. The highest BCUT2D eigenvalue weighted by Gasteiger charge is 2.38. The van der Waals surface area contributed by atoms with Crippen LogP contribution in [0.4, 0.5) is 13.2 Å². The van der Waals surface area contributed by atoms with Gasteiger partial charge in [0.2, 0.25) is 5.82 Å². The highest BCUT2D eigenvalue weighted by molar-refractivity contribution is 6.32. The van der Waals surface area contributed by atoms with E-state index in [1.165, 1.54) is 12.1 Å². The quantitative estimate of drug-likeness (QED) is 0.673. The van der Waals surface area contributed by atoms with E-state index < -0.39 is 23.9 Å². The molecule has 0 bridgehead atoms. The highest BCUT2D eigenvalue weighted by Crippen LogP contribution is 2.29. The van der Waals surface area contributed by atoms with Crippen LogP contribution in [0.25, 0.3) is 11.4 Å². The van der Waals surface area contributed by atoms with Gasteiger partial charge in [-0.1, -0.05) is 29.4 Å². The Morgan fingerprint density at radius 2 is 1.92 bits per heavy atom. The van der Waals surface area contributed by atoms with Crippen molar-refractivity contribution in [2.75, 3.05) is 6.61 Å². The number of hydrogen-bond acceptors (Lipinski definition) is 6. The molecule has 1 aromatic carbocycles. The van der Waals surface area contributed by atoms with E-state index in [0.717, 1.165) is 0 Å². The number of amides is 1. The Hall–Kier alpha value is -2.91. The Morgan fingerprint density at radius 3 is 2.46 bits per heavy atom. The van der Waals surface area contributed by atoms with Crippen molar-refractivity contribution in [3.05, 3.63) is 35.7 Å². The number of carbonyl (C=O) groups excluding carboxylic acids is 2. The second-order valence-electron chi connectivity index (χ2n) is 4.52. The van der Waals surface area contributed by atoms with Crippen molar-refractivity contribution in [3.63, 3.8) is 0 Å². The molecular formula is C14H12F3N3O4. The number of nitrogens with zero attached hydrogens (tertiary/aromatic N) is 2. The predicted octanol–water partition coefficient (Wildman–Crippen LogP) is 1.93. The van der Waals surface area contributed by atoms with Crippen LogP contribution in [0.1, 0.15) is 18.4 Å². The summed E-state index contributed by atoms with van der Waals surface area (Å²) < 4.78 is 45.9. The number of hydrogen-bond donors (Lipinski definition) is 1. The average Bonchev–Trinajstić information content (AvgIpc) is 3.03. The summed E-state index contributed by atoms with van der Waals surface area (Å²) in [5, 5.41) is 5.62. The summed E-state index contributed by atoms with van der Waals surface area (Å²) in [4.78, 5) is 25.8. The maximum absolute atomic E-state index is 12.4. The van der Waals surface area contributed by atoms with Crippen LogP contribution >= 0.6 is 0 Å². The molecule has 0 aliphatic heterocycles. The zero-order chi connectivity index (χ0) is 17.7. The minimum absolute atomic E-state index is 0.0535. The third kappa shape index (κ3) is 4.31. The number of aromatic nitrogens is 2. The largest absolute Gasteiger partial charge is 0.471 e. The van der Waals surface area contributed by atoms with E-state index in [2.05, 4.69) is 24.7 Å². The normalized spacial score (nSPS) is 11.2. The van der Waals surface area contributed by atoms with Crippen molar-refractivity contribution < 1.29 is 32.0 Å². The molecular weight excluding hydrogens is 331 g/mol. The number of carbonyl (C=O) groups is 2. The Labute approximate surface area is 133 Å². The monoisotopic (exact) mass is 343 g/mol. The molecule has 1 aromatic heterocycles.